The Balaban J connectivity index is 1.49. The van der Waals surface area contributed by atoms with Crippen LogP contribution in [0.15, 0.2) is 48.5 Å². The maximum atomic E-state index is 11.2. The second-order valence-corrected chi connectivity index (χ2v) is 8.70. The predicted octanol–water partition coefficient (Wildman–Crippen LogP) is 2.43. The van der Waals surface area contributed by atoms with Crippen molar-refractivity contribution >= 4 is 5.91 Å². The van der Waals surface area contributed by atoms with Crippen LogP contribution in [0.1, 0.15) is 54.4 Å². The molecule has 2 aromatic carbocycles. The summed E-state index contributed by atoms with van der Waals surface area (Å²) < 4.78 is 12.7. The molecule has 7 heteroatoms. The molecule has 3 N–H and O–H groups in total. The highest BCUT2D eigenvalue weighted by molar-refractivity contribution is 5.72. The number of hydrogen-bond donors (Lipinski definition) is 3. The van der Waals surface area contributed by atoms with Gasteiger partial charge < -0.3 is 25.0 Å². The molecule has 0 radical (unpaired) electrons. The fourth-order valence-electron chi connectivity index (χ4n) is 4.32. The van der Waals surface area contributed by atoms with Crippen LogP contribution in [-0.2, 0) is 27.4 Å². The minimum absolute atomic E-state index is 0.0162. The number of carbonyl (C=O) groups is 1. The smallest absolute Gasteiger partial charge is 0.217 e. The number of amides is 1. The van der Waals surface area contributed by atoms with E-state index in [-0.39, 0.29) is 30.8 Å². The Morgan fingerprint density at radius 3 is 2.38 bits per heavy atom. The molecule has 2 aliphatic rings. The largest absolute Gasteiger partial charge is 0.392 e. The van der Waals surface area contributed by atoms with Crippen molar-refractivity contribution in [1.29, 1.82) is 0 Å². The van der Waals surface area contributed by atoms with E-state index < -0.39 is 6.29 Å². The molecule has 0 aromatic heterocycles. The highest BCUT2D eigenvalue weighted by Gasteiger charge is 2.34. The molecule has 0 unspecified atom stereocenters. The van der Waals surface area contributed by atoms with Crippen molar-refractivity contribution in [3.05, 3.63) is 70.8 Å². The topological polar surface area (TPSA) is 91.3 Å². The second-order valence-electron chi connectivity index (χ2n) is 8.70. The standard InChI is InChI=1S/C25H32N2O5/c1-17(29)26-13-18-2-8-21(9-3-18)25-31-23(15-27-11-10-22(30)14-27)12-24(32-25)20-6-4-19(16-28)5-7-20/h2-9,22-25,28,30H,10-16H2,1H3,(H,26,29)/t22-,23+,24-,25-/m0/s1. The molecule has 0 bridgehead atoms. The third-order valence-corrected chi connectivity index (χ3v) is 6.12. The zero-order chi connectivity index (χ0) is 22.5. The van der Waals surface area contributed by atoms with Gasteiger partial charge in [-0.3, -0.25) is 9.69 Å². The van der Waals surface area contributed by atoms with Crippen molar-refractivity contribution in [3.8, 4) is 0 Å². The minimum Gasteiger partial charge on any atom is -0.392 e. The molecule has 4 rings (SSSR count). The molecule has 2 aromatic rings. The van der Waals surface area contributed by atoms with Gasteiger partial charge in [0.25, 0.3) is 0 Å². The molecule has 2 aliphatic heterocycles. The lowest BCUT2D eigenvalue weighted by molar-refractivity contribution is -0.252. The molecule has 172 valence electrons. The number of aliphatic hydroxyl groups is 2. The van der Waals surface area contributed by atoms with Gasteiger partial charge in [0.2, 0.25) is 5.91 Å². The van der Waals surface area contributed by atoms with Gasteiger partial charge in [-0.1, -0.05) is 48.5 Å². The van der Waals surface area contributed by atoms with Crippen LogP contribution >= 0.6 is 0 Å². The molecular weight excluding hydrogens is 408 g/mol. The van der Waals surface area contributed by atoms with Crippen molar-refractivity contribution in [2.24, 2.45) is 0 Å². The molecule has 0 spiro atoms. The maximum absolute atomic E-state index is 11.2. The van der Waals surface area contributed by atoms with Crippen LogP contribution in [0.4, 0.5) is 0 Å². The van der Waals surface area contributed by atoms with Crippen molar-refractivity contribution in [3.63, 3.8) is 0 Å². The highest BCUT2D eigenvalue weighted by atomic mass is 16.7. The van der Waals surface area contributed by atoms with Gasteiger partial charge in [-0.25, -0.2) is 0 Å². The Bertz CT molecular complexity index is 886. The molecular formula is C25H32N2O5. The number of rotatable bonds is 7. The van der Waals surface area contributed by atoms with Gasteiger partial charge >= 0.3 is 0 Å². The molecule has 7 nitrogen and oxygen atoms in total. The normalized spacial score (nSPS) is 26.2. The first-order valence-corrected chi connectivity index (χ1v) is 11.2. The van der Waals surface area contributed by atoms with Gasteiger partial charge in [0, 0.05) is 45.1 Å². The third-order valence-electron chi connectivity index (χ3n) is 6.12. The summed E-state index contributed by atoms with van der Waals surface area (Å²) in [5.41, 5.74) is 3.87. The van der Waals surface area contributed by atoms with Gasteiger partial charge in [0.15, 0.2) is 6.29 Å². The number of benzene rings is 2. The van der Waals surface area contributed by atoms with E-state index in [4.69, 9.17) is 9.47 Å². The number of aliphatic hydroxyl groups excluding tert-OH is 2. The molecule has 0 saturated carbocycles. The van der Waals surface area contributed by atoms with E-state index in [0.29, 0.717) is 13.1 Å². The lowest BCUT2D eigenvalue weighted by Gasteiger charge is -2.37. The summed E-state index contributed by atoms with van der Waals surface area (Å²) in [6.45, 7) is 4.32. The number of β-amino-alcohol motifs (C(OH)–C–C–N with tert-alkyl or cyclic N) is 1. The SMILES string of the molecule is CC(=O)NCc1ccc([C@H]2O[C@@H](CN3CC[C@H](O)C3)C[C@@H](c3ccc(CO)cc3)O2)cc1. The third kappa shape index (κ3) is 5.94. The zero-order valence-corrected chi connectivity index (χ0v) is 18.4. The Labute approximate surface area is 189 Å². The lowest BCUT2D eigenvalue weighted by atomic mass is 9.99. The van der Waals surface area contributed by atoms with Crippen LogP contribution in [0.25, 0.3) is 0 Å². The number of hydrogen-bond acceptors (Lipinski definition) is 6. The van der Waals surface area contributed by atoms with E-state index in [0.717, 1.165) is 48.2 Å². The fraction of sp³-hybridized carbons (Fsp3) is 0.480. The van der Waals surface area contributed by atoms with E-state index >= 15 is 0 Å². The van der Waals surface area contributed by atoms with E-state index in [1.54, 1.807) is 0 Å². The van der Waals surface area contributed by atoms with Gasteiger partial charge in [0.1, 0.15) is 0 Å². The first-order chi connectivity index (χ1) is 15.5. The Hall–Kier alpha value is -2.29. The Morgan fingerprint density at radius 2 is 1.75 bits per heavy atom. The number of likely N-dealkylation sites (tertiary alicyclic amines) is 1. The number of nitrogens with zero attached hydrogens (tertiary/aromatic N) is 1. The van der Waals surface area contributed by atoms with E-state index in [1.165, 1.54) is 6.92 Å². The summed E-state index contributed by atoms with van der Waals surface area (Å²) in [4.78, 5) is 13.4. The number of ether oxygens (including phenoxy) is 2. The quantitative estimate of drug-likeness (QED) is 0.613. The molecule has 4 atom stereocenters. The van der Waals surface area contributed by atoms with Gasteiger partial charge in [0.05, 0.1) is 24.9 Å². The van der Waals surface area contributed by atoms with Crippen molar-refractivity contribution in [2.75, 3.05) is 19.6 Å². The fourth-order valence-corrected chi connectivity index (χ4v) is 4.32. The van der Waals surface area contributed by atoms with Crippen LogP contribution in [0.5, 0.6) is 0 Å². The molecule has 2 saturated heterocycles. The van der Waals surface area contributed by atoms with E-state index in [2.05, 4.69) is 10.2 Å². The van der Waals surface area contributed by atoms with Crippen LogP contribution in [-0.4, -0.2) is 52.9 Å². The summed E-state index contributed by atoms with van der Waals surface area (Å²) in [7, 11) is 0. The maximum Gasteiger partial charge on any atom is 0.217 e. The molecule has 1 amide bonds. The van der Waals surface area contributed by atoms with Crippen LogP contribution < -0.4 is 5.32 Å². The van der Waals surface area contributed by atoms with E-state index in [9.17, 15) is 15.0 Å². The highest BCUT2D eigenvalue weighted by Crippen LogP contribution is 2.38. The second kappa shape index (κ2) is 10.6. The van der Waals surface area contributed by atoms with Crippen LogP contribution in [0, 0.1) is 0 Å². The van der Waals surface area contributed by atoms with E-state index in [1.807, 2.05) is 48.5 Å². The summed E-state index contributed by atoms with van der Waals surface area (Å²) in [5.74, 6) is -0.0574. The summed E-state index contributed by atoms with van der Waals surface area (Å²) in [6, 6.07) is 15.8. The Kier molecular flexibility index (Phi) is 7.55. The summed E-state index contributed by atoms with van der Waals surface area (Å²) in [5, 5.41) is 22.0. The first kappa shape index (κ1) is 22.9. The number of nitrogens with one attached hydrogen (secondary N) is 1. The van der Waals surface area contributed by atoms with Crippen molar-refractivity contribution < 1.29 is 24.5 Å². The van der Waals surface area contributed by atoms with Crippen LogP contribution in [0.3, 0.4) is 0 Å². The minimum atomic E-state index is -0.501. The molecule has 2 fully saturated rings. The van der Waals surface area contributed by atoms with Gasteiger partial charge in [-0.15, -0.1) is 0 Å². The average Bonchev–Trinajstić information content (AvgIpc) is 3.22. The first-order valence-electron chi connectivity index (χ1n) is 11.2. The zero-order valence-electron chi connectivity index (χ0n) is 18.4. The van der Waals surface area contributed by atoms with Gasteiger partial charge in [-0.2, -0.15) is 0 Å². The van der Waals surface area contributed by atoms with Crippen molar-refractivity contribution in [2.45, 2.75) is 57.5 Å². The summed E-state index contributed by atoms with van der Waals surface area (Å²) >= 11 is 0. The monoisotopic (exact) mass is 440 g/mol. The number of carbonyl (C=O) groups excluding carboxylic acids is 1. The molecule has 2 heterocycles. The van der Waals surface area contributed by atoms with Crippen molar-refractivity contribution in [1.82, 2.24) is 10.2 Å². The van der Waals surface area contributed by atoms with Crippen LogP contribution in [0.2, 0.25) is 0 Å². The molecule has 32 heavy (non-hydrogen) atoms. The average molecular weight is 441 g/mol. The Morgan fingerprint density at radius 1 is 1.06 bits per heavy atom. The lowest BCUT2D eigenvalue weighted by Crippen LogP contribution is -2.38. The predicted molar refractivity (Wildman–Crippen MR) is 119 cm³/mol. The molecule has 0 aliphatic carbocycles. The summed E-state index contributed by atoms with van der Waals surface area (Å²) in [6.07, 6.45) is 0.609. The van der Waals surface area contributed by atoms with Gasteiger partial charge in [-0.05, 0) is 23.1 Å².